The van der Waals surface area contributed by atoms with Crippen LogP contribution in [0.4, 0.5) is 5.82 Å². The van der Waals surface area contributed by atoms with Gasteiger partial charge in [0, 0.05) is 17.3 Å². The first-order valence-electron chi connectivity index (χ1n) is 6.07. The van der Waals surface area contributed by atoms with Crippen LogP contribution in [0.25, 0.3) is 0 Å². The van der Waals surface area contributed by atoms with Crippen LogP contribution in [0.5, 0.6) is 0 Å². The number of hydrogen-bond acceptors (Lipinski definition) is 2. The molecule has 2 unspecified atom stereocenters. The van der Waals surface area contributed by atoms with Gasteiger partial charge >= 0.3 is 0 Å². The molecule has 0 amide bonds. The standard InChI is InChI=1S/C12H19N3/c1-7-5-8(2)11-10(6-7)12(15-14-11)13-9-3-4-9/h7-9H,3-6H2,1-2H3,(H2,13,14,15). The van der Waals surface area contributed by atoms with Gasteiger partial charge in [-0.1, -0.05) is 13.8 Å². The van der Waals surface area contributed by atoms with Crippen LogP contribution in [-0.4, -0.2) is 16.2 Å². The van der Waals surface area contributed by atoms with Crippen molar-refractivity contribution < 1.29 is 0 Å². The molecule has 2 aliphatic carbocycles. The molecule has 0 bridgehead atoms. The number of aromatic nitrogens is 2. The maximum atomic E-state index is 4.43. The Balaban J connectivity index is 1.89. The number of nitrogens with zero attached hydrogens (tertiary/aromatic N) is 1. The molecule has 0 radical (unpaired) electrons. The fourth-order valence-electron chi connectivity index (χ4n) is 2.69. The molecule has 2 atom stereocenters. The summed E-state index contributed by atoms with van der Waals surface area (Å²) in [5.41, 5.74) is 2.82. The van der Waals surface area contributed by atoms with E-state index in [9.17, 15) is 0 Å². The summed E-state index contributed by atoms with van der Waals surface area (Å²) in [4.78, 5) is 0. The summed E-state index contributed by atoms with van der Waals surface area (Å²) in [6, 6.07) is 0.699. The minimum Gasteiger partial charge on any atom is -0.366 e. The smallest absolute Gasteiger partial charge is 0.151 e. The van der Waals surface area contributed by atoms with Crippen LogP contribution >= 0.6 is 0 Å². The fraction of sp³-hybridized carbons (Fsp3) is 0.750. The van der Waals surface area contributed by atoms with Gasteiger partial charge < -0.3 is 5.32 Å². The lowest BCUT2D eigenvalue weighted by molar-refractivity contribution is 0.445. The van der Waals surface area contributed by atoms with Crippen molar-refractivity contribution >= 4 is 5.82 Å². The van der Waals surface area contributed by atoms with E-state index in [1.807, 2.05) is 0 Å². The highest BCUT2D eigenvalue weighted by atomic mass is 15.2. The van der Waals surface area contributed by atoms with Gasteiger partial charge in [0.05, 0.1) is 0 Å². The molecule has 1 fully saturated rings. The average Bonchev–Trinajstić information content (AvgIpc) is 2.89. The summed E-state index contributed by atoms with van der Waals surface area (Å²) < 4.78 is 0. The Labute approximate surface area is 90.7 Å². The number of nitrogens with one attached hydrogen (secondary N) is 2. The van der Waals surface area contributed by atoms with Gasteiger partial charge in [0.25, 0.3) is 0 Å². The molecule has 0 aliphatic heterocycles. The fourth-order valence-corrected chi connectivity index (χ4v) is 2.69. The average molecular weight is 205 g/mol. The number of anilines is 1. The summed E-state index contributed by atoms with van der Waals surface area (Å²) in [5, 5.41) is 11.2. The molecule has 3 rings (SSSR count). The molecule has 1 saturated carbocycles. The highest BCUT2D eigenvalue weighted by Crippen LogP contribution is 2.37. The molecule has 82 valence electrons. The number of aromatic amines is 1. The van der Waals surface area contributed by atoms with E-state index < -0.39 is 0 Å². The van der Waals surface area contributed by atoms with Crippen molar-refractivity contribution in [2.24, 2.45) is 5.92 Å². The summed E-state index contributed by atoms with van der Waals surface area (Å²) in [7, 11) is 0. The number of H-pyrrole nitrogens is 1. The van der Waals surface area contributed by atoms with Gasteiger partial charge in [0.2, 0.25) is 0 Å². The molecule has 3 heteroatoms. The molecule has 2 aliphatic rings. The van der Waals surface area contributed by atoms with Crippen molar-refractivity contribution in [3.8, 4) is 0 Å². The zero-order valence-electron chi connectivity index (χ0n) is 9.51. The van der Waals surface area contributed by atoms with Gasteiger partial charge in [0.15, 0.2) is 5.82 Å². The first-order chi connectivity index (χ1) is 7.24. The first kappa shape index (κ1) is 9.25. The van der Waals surface area contributed by atoms with Crippen molar-refractivity contribution in [3.05, 3.63) is 11.3 Å². The lowest BCUT2D eigenvalue weighted by Crippen LogP contribution is -2.15. The number of hydrogen-bond donors (Lipinski definition) is 2. The third kappa shape index (κ3) is 1.64. The lowest BCUT2D eigenvalue weighted by atomic mass is 9.82. The zero-order valence-corrected chi connectivity index (χ0v) is 9.51. The summed E-state index contributed by atoms with van der Waals surface area (Å²) in [5.74, 6) is 2.57. The van der Waals surface area contributed by atoms with Crippen molar-refractivity contribution in [2.45, 2.75) is 51.5 Å². The summed E-state index contributed by atoms with van der Waals surface area (Å²) in [6.45, 7) is 4.64. The Bertz CT molecular complexity index is 365. The van der Waals surface area contributed by atoms with E-state index in [0.717, 1.165) is 11.7 Å². The molecule has 15 heavy (non-hydrogen) atoms. The summed E-state index contributed by atoms with van der Waals surface area (Å²) >= 11 is 0. The second kappa shape index (κ2) is 3.26. The van der Waals surface area contributed by atoms with Gasteiger partial charge in [-0.05, 0) is 37.5 Å². The second-order valence-corrected chi connectivity index (χ2v) is 5.33. The zero-order chi connectivity index (χ0) is 10.4. The molecular formula is C12H19N3. The first-order valence-corrected chi connectivity index (χ1v) is 6.07. The Morgan fingerprint density at radius 3 is 2.87 bits per heavy atom. The van der Waals surface area contributed by atoms with Crippen LogP contribution in [0.3, 0.4) is 0 Å². The Morgan fingerprint density at radius 1 is 1.33 bits per heavy atom. The van der Waals surface area contributed by atoms with Gasteiger partial charge in [-0.2, -0.15) is 5.10 Å². The maximum Gasteiger partial charge on any atom is 0.151 e. The van der Waals surface area contributed by atoms with Crippen LogP contribution in [-0.2, 0) is 6.42 Å². The molecule has 0 saturated heterocycles. The highest BCUT2D eigenvalue weighted by molar-refractivity contribution is 5.50. The third-order valence-corrected chi connectivity index (χ3v) is 3.62. The minimum absolute atomic E-state index is 0.644. The predicted octanol–water partition coefficient (Wildman–Crippen LogP) is 2.67. The van der Waals surface area contributed by atoms with Crippen molar-refractivity contribution in [3.63, 3.8) is 0 Å². The predicted molar refractivity (Wildman–Crippen MR) is 61.1 cm³/mol. The number of rotatable bonds is 2. The molecule has 2 N–H and O–H groups in total. The Morgan fingerprint density at radius 2 is 2.13 bits per heavy atom. The van der Waals surface area contributed by atoms with E-state index in [-0.39, 0.29) is 0 Å². The Hall–Kier alpha value is -0.990. The Kier molecular flexibility index (Phi) is 2.01. The molecule has 0 aromatic carbocycles. The summed E-state index contributed by atoms with van der Waals surface area (Å²) in [6.07, 6.45) is 5.10. The van der Waals surface area contributed by atoms with Crippen molar-refractivity contribution in [2.75, 3.05) is 5.32 Å². The van der Waals surface area contributed by atoms with E-state index in [0.29, 0.717) is 12.0 Å². The minimum atomic E-state index is 0.644. The SMILES string of the molecule is CC1Cc2c(NC3CC3)n[nH]c2C(C)C1. The van der Waals surface area contributed by atoms with Gasteiger partial charge in [-0.3, -0.25) is 5.10 Å². The third-order valence-electron chi connectivity index (χ3n) is 3.62. The van der Waals surface area contributed by atoms with Crippen LogP contribution in [0.15, 0.2) is 0 Å². The highest BCUT2D eigenvalue weighted by Gasteiger charge is 2.29. The lowest BCUT2D eigenvalue weighted by Gasteiger charge is -2.24. The van der Waals surface area contributed by atoms with Gasteiger partial charge in [-0.15, -0.1) is 0 Å². The topological polar surface area (TPSA) is 40.7 Å². The van der Waals surface area contributed by atoms with Crippen LogP contribution in [0.1, 0.15) is 50.3 Å². The van der Waals surface area contributed by atoms with Crippen LogP contribution in [0.2, 0.25) is 0 Å². The van der Waals surface area contributed by atoms with E-state index in [4.69, 9.17) is 0 Å². The quantitative estimate of drug-likeness (QED) is 0.779. The van der Waals surface area contributed by atoms with E-state index in [1.54, 1.807) is 0 Å². The molecule has 3 nitrogen and oxygen atoms in total. The molecular weight excluding hydrogens is 186 g/mol. The van der Waals surface area contributed by atoms with Crippen LogP contribution < -0.4 is 5.32 Å². The molecule has 1 aromatic heterocycles. The monoisotopic (exact) mass is 205 g/mol. The maximum absolute atomic E-state index is 4.43. The largest absolute Gasteiger partial charge is 0.366 e. The van der Waals surface area contributed by atoms with Gasteiger partial charge in [-0.25, -0.2) is 0 Å². The normalized spacial score (nSPS) is 30.0. The van der Waals surface area contributed by atoms with E-state index in [2.05, 4.69) is 29.4 Å². The molecule has 0 spiro atoms. The second-order valence-electron chi connectivity index (χ2n) is 5.33. The van der Waals surface area contributed by atoms with Gasteiger partial charge in [0.1, 0.15) is 0 Å². The molecule has 1 heterocycles. The van der Waals surface area contributed by atoms with E-state index >= 15 is 0 Å². The van der Waals surface area contributed by atoms with E-state index in [1.165, 1.54) is 36.9 Å². The molecule has 1 aromatic rings. The number of fused-ring (bicyclic) bond motifs is 1. The van der Waals surface area contributed by atoms with Crippen molar-refractivity contribution in [1.29, 1.82) is 0 Å². The van der Waals surface area contributed by atoms with Crippen LogP contribution in [0, 0.1) is 5.92 Å². The van der Waals surface area contributed by atoms with Crippen molar-refractivity contribution in [1.82, 2.24) is 10.2 Å².